The van der Waals surface area contributed by atoms with Gasteiger partial charge in [-0.25, -0.2) is 0 Å². The van der Waals surface area contributed by atoms with E-state index in [0.717, 1.165) is 29.9 Å². The molecule has 2 aliphatic rings. The number of likely N-dealkylation sites (tertiary alicyclic amines) is 1. The van der Waals surface area contributed by atoms with Gasteiger partial charge in [-0.2, -0.15) is 0 Å². The Bertz CT molecular complexity index is 538. The maximum absolute atomic E-state index is 6.48. The summed E-state index contributed by atoms with van der Waals surface area (Å²) in [7, 11) is 7.58. The summed E-state index contributed by atoms with van der Waals surface area (Å²) in [5.41, 5.74) is 1.12. The summed E-state index contributed by atoms with van der Waals surface area (Å²) in [6, 6.07) is 3.98. The summed E-state index contributed by atoms with van der Waals surface area (Å²) < 4.78 is 10.7. The van der Waals surface area contributed by atoms with Crippen LogP contribution in [0.15, 0.2) is 12.1 Å². The fourth-order valence-electron chi connectivity index (χ4n) is 3.85. The van der Waals surface area contributed by atoms with Crippen LogP contribution in [0.1, 0.15) is 5.56 Å². The lowest BCUT2D eigenvalue weighted by atomic mass is 10.1. The largest absolute Gasteiger partial charge is 0.493 e. The van der Waals surface area contributed by atoms with Gasteiger partial charge in [-0.1, -0.05) is 17.7 Å². The van der Waals surface area contributed by atoms with E-state index in [-0.39, 0.29) is 0 Å². The zero-order valence-electron chi connectivity index (χ0n) is 13.8. The molecule has 2 fully saturated rings. The van der Waals surface area contributed by atoms with E-state index >= 15 is 0 Å². The Labute approximate surface area is 137 Å². The third kappa shape index (κ3) is 2.92. The minimum absolute atomic E-state index is 0.636. The van der Waals surface area contributed by atoms with Gasteiger partial charge in [-0.05, 0) is 43.5 Å². The van der Waals surface area contributed by atoms with Crippen LogP contribution in [0.5, 0.6) is 11.5 Å². The number of fused-ring (bicyclic) bond motifs is 1. The van der Waals surface area contributed by atoms with E-state index < -0.39 is 0 Å². The second-order valence-corrected chi connectivity index (χ2v) is 7.10. The van der Waals surface area contributed by atoms with E-state index in [0.29, 0.717) is 16.5 Å². The van der Waals surface area contributed by atoms with Gasteiger partial charge in [0.2, 0.25) is 0 Å². The molecule has 0 spiro atoms. The monoisotopic (exact) mass is 324 g/mol. The first-order valence-corrected chi connectivity index (χ1v) is 8.19. The molecule has 1 saturated heterocycles. The topological polar surface area (TPSA) is 24.9 Å². The second-order valence-electron chi connectivity index (χ2n) is 6.72. The van der Waals surface area contributed by atoms with E-state index in [1.165, 1.54) is 19.6 Å². The summed E-state index contributed by atoms with van der Waals surface area (Å²) in [4.78, 5) is 4.81. The highest BCUT2D eigenvalue weighted by Crippen LogP contribution is 2.52. The summed E-state index contributed by atoms with van der Waals surface area (Å²) >= 11 is 6.48. The summed E-state index contributed by atoms with van der Waals surface area (Å²) in [5.74, 6) is 3.97. The molecule has 22 heavy (non-hydrogen) atoms. The van der Waals surface area contributed by atoms with E-state index in [2.05, 4.69) is 23.9 Å². The predicted octanol–water partition coefficient (Wildman–Crippen LogP) is 2.60. The average molecular weight is 325 g/mol. The molecule has 1 aliphatic heterocycles. The van der Waals surface area contributed by atoms with Gasteiger partial charge < -0.3 is 14.4 Å². The smallest absolute Gasteiger partial charge is 0.179 e. The van der Waals surface area contributed by atoms with Crippen LogP contribution in [0, 0.1) is 17.8 Å². The minimum Gasteiger partial charge on any atom is -0.493 e. The predicted molar refractivity (Wildman–Crippen MR) is 88.9 cm³/mol. The molecule has 1 heterocycles. The van der Waals surface area contributed by atoms with Crippen molar-refractivity contribution in [2.75, 3.05) is 47.9 Å². The summed E-state index contributed by atoms with van der Waals surface area (Å²) in [5, 5.41) is 0.673. The second kappa shape index (κ2) is 6.26. The highest BCUT2D eigenvalue weighted by atomic mass is 35.5. The number of benzene rings is 1. The molecule has 0 aromatic heterocycles. The number of ether oxygens (including phenoxy) is 2. The van der Waals surface area contributed by atoms with Crippen LogP contribution in [-0.2, 0) is 6.54 Å². The van der Waals surface area contributed by atoms with Gasteiger partial charge in [-0.3, -0.25) is 4.90 Å². The maximum atomic E-state index is 6.48. The number of rotatable bonds is 6. The number of methoxy groups -OCH3 is 2. The van der Waals surface area contributed by atoms with Gasteiger partial charge in [0.1, 0.15) is 0 Å². The van der Waals surface area contributed by atoms with Crippen LogP contribution in [0.25, 0.3) is 0 Å². The Kier molecular flexibility index (Phi) is 4.53. The first kappa shape index (κ1) is 15.9. The molecular formula is C17H25ClN2O2. The molecular weight excluding hydrogens is 300 g/mol. The fourth-order valence-corrected chi connectivity index (χ4v) is 4.14. The van der Waals surface area contributed by atoms with Crippen LogP contribution in [0.4, 0.5) is 0 Å². The van der Waals surface area contributed by atoms with Crippen molar-refractivity contribution in [2.24, 2.45) is 17.8 Å². The van der Waals surface area contributed by atoms with E-state index in [9.17, 15) is 0 Å². The first-order valence-electron chi connectivity index (χ1n) is 7.81. The fraction of sp³-hybridized carbons (Fsp3) is 0.647. The normalized spacial score (nSPS) is 27.1. The maximum Gasteiger partial charge on any atom is 0.179 e. The molecule has 1 aliphatic carbocycles. The molecule has 5 heteroatoms. The van der Waals surface area contributed by atoms with Crippen molar-refractivity contribution in [3.63, 3.8) is 0 Å². The number of halogens is 1. The zero-order chi connectivity index (χ0) is 15.9. The van der Waals surface area contributed by atoms with Crippen molar-refractivity contribution in [3.8, 4) is 11.5 Å². The van der Waals surface area contributed by atoms with E-state index in [1.807, 2.05) is 12.1 Å². The Balaban J connectivity index is 1.62. The Morgan fingerprint density at radius 2 is 1.86 bits per heavy atom. The molecule has 4 nitrogen and oxygen atoms in total. The van der Waals surface area contributed by atoms with Crippen LogP contribution in [0.2, 0.25) is 5.02 Å². The highest BCUT2D eigenvalue weighted by molar-refractivity contribution is 6.33. The molecule has 1 saturated carbocycles. The standard InChI is InChI=1S/C17H25ClN2O2/c1-19(2)8-12-13-9-20(10-14(12)13)7-11-5-6-15(21-3)17(22-4)16(11)18/h5-6,12-14H,7-10H2,1-4H3/t12?,13-,14+. The van der Waals surface area contributed by atoms with Crippen molar-refractivity contribution < 1.29 is 9.47 Å². The number of hydrogen-bond acceptors (Lipinski definition) is 4. The van der Waals surface area contributed by atoms with Crippen LogP contribution in [0.3, 0.4) is 0 Å². The van der Waals surface area contributed by atoms with Gasteiger partial charge in [0.05, 0.1) is 19.2 Å². The number of nitrogens with zero attached hydrogens (tertiary/aromatic N) is 2. The van der Waals surface area contributed by atoms with Crippen molar-refractivity contribution >= 4 is 11.6 Å². The molecule has 0 bridgehead atoms. The SMILES string of the molecule is COc1ccc(CN2C[C@@H]3C(CN(C)C)[C@@H]3C2)c(Cl)c1OC. The molecule has 1 aromatic rings. The third-order valence-electron chi connectivity index (χ3n) is 4.98. The Hall–Kier alpha value is -0.970. The number of hydrogen-bond donors (Lipinski definition) is 0. The average Bonchev–Trinajstić information content (AvgIpc) is 2.94. The minimum atomic E-state index is 0.636. The molecule has 0 radical (unpaired) electrons. The summed E-state index contributed by atoms with van der Waals surface area (Å²) in [6.07, 6.45) is 0. The highest BCUT2D eigenvalue weighted by Gasteiger charge is 2.55. The third-order valence-corrected chi connectivity index (χ3v) is 5.40. The van der Waals surface area contributed by atoms with Crippen molar-refractivity contribution in [2.45, 2.75) is 6.54 Å². The molecule has 0 amide bonds. The lowest BCUT2D eigenvalue weighted by molar-refractivity contribution is 0.257. The van der Waals surface area contributed by atoms with Gasteiger partial charge in [-0.15, -0.1) is 0 Å². The van der Waals surface area contributed by atoms with Crippen LogP contribution >= 0.6 is 11.6 Å². The molecule has 1 aromatic carbocycles. The molecule has 3 atom stereocenters. The molecule has 0 N–H and O–H groups in total. The van der Waals surface area contributed by atoms with Crippen LogP contribution < -0.4 is 9.47 Å². The quantitative estimate of drug-likeness (QED) is 0.803. The van der Waals surface area contributed by atoms with E-state index in [4.69, 9.17) is 21.1 Å². The lowest BCUT2D eigenvalue weighted by Crippen LogP contribution is -2.27. The van der Waals surface area contributed by atoms with Crippen LogP contribution in [-0.4, -0.2) is 57.7 Å². The van der Waals surface area contributed by atoms with Crippen molar-refractivity contribution in [1.29, 1.82) is 0 Å². The lowest BCUT2D eigenvalue weighted by Gasteiger charge is -2.22. The van der Waals surface area contributed by atoms with Crippen molar-refractivity contribution in [1.82, 2.24) is 9.80 Å². The van der Waals surface area contributed by atoms with Gasteiger partial charge in [0.25, 0.3) is 0 Å². The number of piperidine rings is 1. The Morgan fingerprint density at radius 3 is 2.41 bits per heavy atom. The molecule has 3 rings (SSSR count). The van der Waals surface area contributed by atoms with Crippen molar-refractivity contribution in [3.05, 3.63) is 22.7 Å². The first-order chi connectivity index (χ1) is 10.5. The van der Waals surface area contributed by atoms with Gasteiger partial charge in [0.15, 0.2) is 11.5 Å². The summed E-state index contributed by atoms with van der Waals surface area (Å²) in [6.45, 7) is 4.49. The Morgan fingerprint density at radius 1 is 1.18 bits per heavy atom. The molecule has 1 unspecified atom stereocenters. The zero-order valence-corrected chi connectivity index (χ0v) is 14.6. The van der Waals surface area contributed by atoms with Gasteiger partial charge in [0, 0.05) is 26.2 Å². The van der Waals surface area contributed by atoms with Gasteiger partial charge >= 0.3 is 0 Å². The van der Waals surface area contributed by atoms with E-state index in [1.54, 1.807) is 14.2 Å². The molecule has 122 valence electrons.